The number of hydrogen-bond acceptors (Lipinski definition) is 4. The van der Waals surface area contributed by atoms with Crippen LogP contribution in [0.5, 0.6) is 0 Å². The Bertz CT molecular complexity index is 882. The number of nitrogens with one attached hydrogen (secondary N) is 2. The number of rotatable bonds is 9. The largest absolute Gasteiger partial charge is 0.343 e. The monoisotopic (exact) mass is 496 g/mol. The molecule has 3 amide bonds. The molecule has 4 rings (SSSR count). The molecular weight excluding hydrogens is 452 g/mol. The molecule has 2 saturated heterocycles. The molecule has 1 saturated carbocycles. The van der Waals surface area contributed by atoms with Gasteiger partial charge in [0.15, 0.2) is 0 Å². The van der Waals surface area contributed by atoms with E-state index in [0.29, 0.717) is 19.5 Å². The van der Waals surface area contributed by atoms with Crippen LogP contribution >= 0.6 is 0 Å². The van der Waals surface area contributed by atoms with Crippen molar-refractivity contribution in [1.29, 1.82) is 0 Å². The smallest absolute Gasteiger partial charge is 0.246 e. The van der Waals surface area contributed by atoms with Crippen molar-refractivity contribution >= 4 is 17.7 Å². The van der Waals surface area contributed by atoms with Gasteiger partial charge in [0.05, 0.1) is 6.04 Å². The van der Waals surface area contributed by atoms with Gasteiger partial charge in [0.1, 0.15) is 12.1 Å². The van der Waals surface area contributed by atoms with Crippen molar-refractivity contribution in [2.24, 2.45) is 11.8 Å². The lowest BCUT2D eigenvalue weighted by Gasteiger charge is -2.36. The van der Waals surface area contributed by atoms with Crippen LogP contribution in [0.4, 0.5) is 0 Å². The van der Waals surface area contributed by atoms with Crippen LogP contribution in [0, 0.1) is 11.8 Å². The highest BCUT2D eigenvalue weighted by Gasteiger charge is 2.47. The predicted molar refractivity (Wildman–Crippen MR) is 141 cm³/mol. The molecule has 1 aromatic rings. The fourth-order valence-electron chi connectivity index (χ4n) is 6.51. The SMILES string of the molecule is CC[C@H](NC)C(=O)NC(C(=O)N1CC[C@H]2CCCN(CCc3ccccc3)C(=O)[C@H]21)C1CCCCC1. The first-order valence-electron chi connectivity index (χ1n) is 14.1. The molecule has 1 unspecified atom stereocenters. The number of benzene rings is 1. The summed E-state index contributed by atoms with van der Waals surface area (Å²) in [4.78, 5) is 44.8. The van der Waals surface area contributed by atoms with Crippen LogP contribution in [-0.2, 0) is 20.8 Å². The third kappa shape index (κ3) is 6.10. The van der Waals surface area contributed by atoms with Crippen molar-refractivity contribution in [3.63, 3.8) is 0 Å². The van der Waals surface area contributed by atoms with Gasteiger partial charge in [-0.3, -0.25) is 14.4 Å². The van der Waals surface area contributed by atoms with E-state index in [1.807, 2.05) is 34.9 Å². The number of likely N-dealkylation sites (N-methyl/N-ethyl adjacent to an activating group) is 1. The van der Waals surface area contributed by atoms with E-state index < -0.39 is 12.1 Å². The van der Waals surface area contributed by atoms with Gasteiger partial charge in [0.25, 0.3) is 0 Å². The highest BCUT2D eigenvalue weighted by Crippen LogP contribution is 2.35. The lowest BCUT2D eigenvalue weighted by molar-refractivity contribution is -0.147. The van der Waals surface area contributed by atoms with E-state index in [1.165, 1.54) is 12.0 Å². The zero-order valence-electron chi connectivity index (χ0n) is 22.1. The van der Waals surface area contributed by atoms with Crippen LogP contribution in [0.3, 0.4) is 0 Å². The molecule has 198 valence electrons. The van der Waals surface area contributed by atoms with E-state index in [1.54, 1.807) is 7.05 Å². The topological polar surface area (TPSA) is 81.8 Å². The second-order valence-electron chi connectivity index (χ2n) is 10.9. The van der Waals surface area contributed by atoms with Crippen LogP contribution in [0.2, 0.25) is 0 Å². The number of fused-ring (bicyclic) bond motifs is 1. The minimum Gasteiger partial charge on any atom is -0.343 e. The van der Waals surface area contributed by atoms with Gasteiger partial charge in [-0.25, -0.2) is 0 Å². The van der Waals surface area contributed by atoms with Crippen molar-refractivity contribution in [2.75, 3.05) is 26.7 Å². The first kappa shape index (κ1) is 26.6. The summed E-state index contributed by atoms with van der Waals surface area (Å²) in [6.45, 7) is 4.01. The highest BCUT2D eigenvalue weighted by atomic mass is 16.2. The van der Waals surface area contributed by atoms with Gasteiger partial charge in [-0.05, 0) is 69.4 Å². The Balaban J connectivity index is 1.51. The summed E-state index contributed by atoms with van der Waals surface area (Å²) in [5.74, 6) is 0.281. The van der Waals surface area contributed by atoms with Crippen molar-refractivity contribution in [3.05, 3.63) is 35.9 Å². The van der Waals surface area contributed by atoms with Crippen LogP contribution in [-0.4, -0.2) is 72.3 Å². The maximum Gasteiger partial charge on any atom is 0.246 e. The maximum atomic E-state index is 14.1. The summed E-state index contributed by atoms with van der Waals surface area (Å²) in [5.41, 5.74) is 1.22. The van der Waals surface area contributed by atoms with Crippen molar-refractivity contribution in [1.82, 2.24) is 20.4 Å². The molecule has 0 radical (unpaired) electrons. The summed E-state index contributed by atoms with van der Waals surface area (Å²) in [5, 5.41) is 6.20. The van der Waals surface area contributed by atoms with Crippen LogP contribution in [0.15, 0.2) is 30.3 Å². The average Bonchev–Trinajstić information content (AvgIpc) is 3.27. The second-order valence-corrected chi connectivity index (χ2v) is 10.9. The number of carbonyl (C=O) groups is 3. The fourth-order valence-corrected chi connectivity index (χ4v) is 6.51. The molecule has 2 aliphatic heterocycles. The van der Waals surface area contributed by atoms with E-state index in [9.17, 15) is 14.4 Å². The number of nitrogens with zero attached hydrogens (tertiary/aromatic N) is 2. The Kier molecular flexibility index (Phi) is 9.41. The molecule has 0 bridgehead atoms. The minimum absolute atomic E-state index is 0.0491. The number of likely N-dealkylation sites (tertiary alicyclic amines) is 2. The number of carbonyl (C=O) groups excluding carboxylic acids is 3. The highest BCUT2D eigenvalue weighted by molar-refractivity contribution is 5.94. The van der Waals surface area contributed by atoms with Crippen LogP contribution in [0.1, 0.15) is 70.3 Å². The van der Waals surface area contributed by atoms with Gasteiger partial charge in [0.2, 0.25) is 17.7 Å². The van der Waals surface area contributed by atoms with E-state index in [2.05, 4.69) is 22.8 Å². The van der Waals surface area contributed by atoms with Crippen LogP contribution in [0.25, 0.3) is 0 Å². The van der Waals surface area contributed by atoms with Crippen molar-refractivity contribution in [3.8, 4) is 0 Å². The third-order valence-electron chi connectivity index (χ3n) is 8.65. The van der Waals surface area contributed by atoms with Gasteiger partial charge in [0, 0.05) is 19.6 Å². The zero-order valence-corrected chi connectivity index (χ0v) is 22.1. The van der Waals surface area contributed by atoms with Crippen LogP contribution < -0.4 is 10.6 Å². The first-order valence-corrected chi connectivity index (χ1v) is 14.1. The minimum atomic E-state index is -0.548. The molecule has 3 fully saturated rings. The Morgan fingerprint density at radius 1 is 1.00 bits per heavy atom. The number of hydrogen-bond donors (Lipinski definition) is 2. The average molecular weight is 497 g/mol. The summed E-state index contributed by atoms with van der Waals surface area (Å²) in [6.07, 6.45) is 9.57. The molecule has 1 aromatic carbocycles. The first-order chi connectivity index (χ1) is 17.5. The third-order valence-corrected chi connectivity index (χ3v) is 8.65. The molecule has 7 nitrogen and oxygen atoms in total. The van der Waals surface area contributed by atoms with E-state index >= 15 is 0 Å². The molecule has 2 N–H and O–H groups in total. The van der Waals surface area contributed by atoms with Gasteiger partial charge in [-0.2, -0.15) is 0 Å². The Morgan fingerprint density at radius 3 is 2.44 bits per heavy atom. The lowest BCUT2D eigenvalue weighted by Crippen LogP contribution is -2.59. The molecule has 2 heterocycles. The lowest BCUT2D eigenvalue weighted by atomic mass is 9.83. The van der Waals surface area contributed by atoms with E-state index in [0.717, 1.165) is 57.9 Å². The van der Waals surface area contributed by atoms with Gasteiger partial charge in [-0.15, -0.1) is 0 Å². The van der Waals surface area contributed by atoms with Gasteiger partial charge >= 0.3 is 0 Å². The van der Waals surface area contributed by atoms with Gasteiger partial charge in [-0.1, -0.05) is 56.5 Å². The fraction of sp³-hybridized carbons (Fsp3) is 0.690. The molecule has 1 aliphatic carbocycles. The Hall–Kier alpha value is -2.41. The summed E-state index contributed by atoms with van der Waals surface area (Å²) in [6, 6.07) is 9.01. The number of amides is 3. The Labute approximate surface area is 216 Å². The molecule has 0 spiro atoms. The summed E-state index contributed by atoms with van der Waals surface area (Å²) < 4.78 is 0. The van der Waals surface area contributed by atoms with Crippen molar-refractivity contribution < 1.29 is 14.4 Å². The maximum absolute atomic E-state index is 14.1. The van der Waals surface area contributed by atoms with E-state index in [-0.39, 0.29) is 35.6 Å². The molecule has 36 heavy (non-hydrogen) atoms. The molecule has 7 heteroatoms. The quantitative estimate of drug-likeness (QED) is 0.550. The molecule has 0 aromatic heterocycles. The van der Waals surface area contributed by atoms with Gasteiger partial charge < -0.3 is 20.4 Å². The second kappa shape index (κ2) is 12.7. The zero-order chi connectivity index (χ0) is 25.5. The summed E-state index contributed by atoms with van der Waals surface area (Å²) in [7, 11) is 1.78. The normalized spacial score (nSPS) is 24.7. The van der Waals surface area contributed by atoms with E-state index in [4.69, 9.17) is 0 Å². The van der Waals surface area contributed by atoms with Crippen molar-refractivity contribution in [2.45, 2.75) is 89.3 Å². The standard InChI is InChI=1S/C29H44N4O3/c1-3-24(30-2)27(34)31-25(22-13-8-5-9-14-22)28(35)33-20-17-23-15-10-18-32(29(36)26(23)33)19-16-21-11-6-4-7-12-21/h4,6-7,11-12,22-26,30H,3,5,8-10,13-20H2,1-2H3,(H,31,34)/t23-,24+,25?,26+/m1/s1. The predicted octanol–water partition coefficient (Wildman–Crippen LogP) is 3.13. The molecular formula is C29H44N4O3. The summed E-state index contributed by atoms with van der Waals surface area (Å²) >= 11 is 0. The molecule has 4 atom stereocenters. The Morgan fingerprint density at radius 2 is 1.75 bits per heavy atom. The molecule has 3 aliphatic rings.